The van der Waals surface area contributed by atoms with Crippen LogP contribution < -0.4 is 0 Å². The van der Waals surface area contributed by atoms with E-state index in [0.717, 1.165) is 37.4 Å². The van der Waals surface area contributed by atoms with E-state index in [1.807, 2.05) is 0 Å². The van der Waals surface area contributed by atoms with E-state index < -0.39 is 0 Å². The van der Waals surface area contributed by atoms with Crippen molar-refractivity contribution in [2.45, 2.75) is 19.3 Å². The molecule has 0 amide bonds. The minimum absolute atomic E-state index is 0.354. The largest absolute Gasteiger partial charge is 0.385 e. The van der Waals surface area contributed by atoms with Gasteiger partial charge in [0.25, 0.3) is 0 Å². The molecule has 0 aromatic heterocycles. The first-order chi connectivity index (χ1) is 5.84. The normalized spacial score (nSPS) is 23.4. The average molecular weight is 188 g/mol. The number of rotatable bonds is 5. The van der Waals surface area contributed by atoms with Crippen LogP contribution in [0.3, 0.4) is 0 Å². The molecule has 70 valence electrons. The summed E-state index contributed by atoms with van der Waals surface area (Å²) in [6.45, 7) is 0.827. The number of unbranched alkanes of at least 4 members (excludes halogenated alkanes) is 1. The Morgan fingerprint density at radius 1 is 1.58 bits per heavy atom. The minimum atomic E-state index is 0.354. The lowest BCUT2D eigenvalue weighted by atomic mass is 10.0. The summed E-state index contributed by atoms with van der Waals surface area (Å²) in [6, 6.07) is 0. The van der Waals surface area contributed by atoms with Gasteiger partial charge in [0, 0.05) is 25.4 Å². The Balaban J connectivity index is 2.02. The fourth-order valence-electron chi connectivity index (χ4n) is 1.39. The lowest BCUT2D eigenvalue weighted by molar-refractivity contribution is -0.119. The van der Waals surface area contributed by atoms with Gasteiger partial charge in [0.1, 0.15) is 5.78 Å². The summed E-state index contributed by atoms with van der Waals surface area (Å²) < 4.78 is 4.94. The van der Waals surface area contributed by atoms with Crippen LogP contribution in [0.4, 0.5) is 0 Å². The second kappa shape index (κ2) is 5.60. The predicted molar refractivity (Wildman–Crippen MR) is 51.5 cm³/mol. The van der Waals surface area contributed by atoms with Crippen LogP contribution in [0.25, 0.3) is 0 Å². The van der Waals surface area contributed by atoms with Crippen LogP contribution in [0.5, 0.6) is 0 Å². The van der Waals surface area contributed by atoms with Crippen molar-refractivity contribution in [3.63, 3.8) is 0 Å². The number of methoxy groups -OCH3 is 1. The molecule has 1 heterocycles. The second-order valence-corrected chi connectivity index (χ2v) is 4.20. The number of hydrogen-bond donors (Lipinski definition) is 0. The van der Waals surface area contributed by atoms with Crippen LogP contribution in [-0.4, -0.2) is 31.0 Å². The molecule has 0 saturated carbocycles. The Kier molecular flexibility index (Phi) is 4.69. The number of carbonyl (C=O) groups excluding carboxylic acids is 1. The summed E-state index contributed by atoms with van der Waals surface area (Å²) in [4.78, 5) is 11.2. The Hall–Kier alpha value is -0.0200. The summed E-state index contributed by atoms with van der Waals surface area (Å²) in [5, 5.41) is 0. The molecule has 0 N–H and O–H groups in total. The Bertz CT molecular complexity index is 147. The molecular formula is C9H16O2S. The van der Waals surface area contributed by atoms with Crippen molar-refractivity contribution in [2.75, 3.05) is 25.2 Å². The zero-order valence-corrected chi connectivity index (χ0v) is 8.36. The van der Waals surface area contributed by atoms with Gasteiger partial charge in [-0.1, -0.05) is 6.42 Å². The van der Waals surface area contributed by atoms with Crippen LogP contribution in [-0.2, 0) is 9.53 Å². The van der Waals surface area contributed by atoms with Crippen LogP contribution in [0.15, 0.2) is 0 Å². The van der Waals surface area contributed by atoms with Gasteiger partial charge in [0.2, 0.25) is 0 Å². The number of thioether (sulfide) groups is 1. The molecule has 1 unspecified atom stereocenters. The van der Waals surface area contributed by atoms with Crippen molar-refractivity contribution in [1.29, 1.82) is 0 Å². The molecule has 1 fully saturated rings. The molecule has 0 aromatic carbocycles. The molecule has 2 nitrogen and oxygen atoms in total. The van der Waals surface area contributed by atoms with E-state index in [9.17, 15) is 4.79 Å². The monoisotopic (exact) mass is 188 g/mol. The highest BCUT2D eigenvalue weighted by molar-refractivity contribution is 8.00. The highest BCUT2D eigenvalue weighted by Gasteiger charge is 2.23. The van der Waals surface area contributed by atoms with Crippen molar-refractivity contribution < 1.29 is 9.53 Å². The maximum absolute atomic E-state index is 11.2. The van der Waals surface area contributed by atoms with Gasteiger partial charge in [-0.3, -0.25) is 4.79 Å². The first-order valence-electron chi connectivity index (χ1n) is 4.44. The minimum Gasteiger partial charge on any atom is -0.385 e. The fraction of sp³-hybridized carbons (Fsp3) is 0.889. The molecule has 1 rings (SSSR count). The molecular weight excluding hydrogens is 172 g/mol. The first-order valence-corrected chi connectivity index (χ1v) is 5.59. The molecule has 1 saturated heterocycles. The average Bonchev–Trinajstić information content (AvgIpc) is 2.46. The summed E-state index contributed by atoms with van der Waals surface area (Å²) >= 11 is 1.77. The van der Waals surface area contributed by atoms with E-state index in [2.05, 4.69) is 0 Å². The zero-order chi connectivity index (χ0) is 8.81. The molecule has 12 heavy (non-hydrogen) atoms. The smallest absolute Gasteiger partial charge is 0.146 e. The van der Waals surface area contributed by atoms with Gasteiger partial charge in [-0.15, -0.1) is 0 Å². The number of ether oxygens (including phenoxy) is 1. The van der Waals surface area contributed by atoms with E-state index in [1.165, 1.54) is 0 Å². The van der Waals surface area contributed by atoms with E-state index in [1.54, 1.807) is 18.9 Å². The molecule has 0 radical (unpaired) electrons. The van der Waals surface area contributed by atoms with Crippen molar-refractivity contribution in [3.05, 3.63) is 0 Å². The highest BCUT2D eigenvalue weighted by Crippen LogP contribution is 2.24. The lowest BCUT2D eigenvalue weighted by Crippen LogP contribution is -2.10. The lowest BCUT2D eigenvalue weighted by Gasteiger charge is -2.05. The van der Waals surface area contributed by atoms with E-state index >= 15 is 0 Å². The Morgan fingerprint density at radius 3 is 3.00 bits per heavy atom. The fourth-order valence-corrected chi connectivity index (χ4v) is 2.59. The molecule has 1 aliphatic rings. The van der Waals surface area contributed by atoms with Gasteiger partial charge in [0.15, 0.2) is 0 Å². The quantitative estimate of drug-likeness (QED) is 0.615. The van der Waals surface area contributed by atoms with E-state index in [-0.39, 0.29) is 0 Å². The standard InChI is InChI=1S/C9H16O2S/c1-11-5-3-2-4-8-6-12-7-9(8)10/h8H,2-7H2,1H3. The van der Waals surface area contributed by atoms with Crippen molar-refractivity contribution >= 4 is 17.5 Å². The van der Waals surface area contributed by atoms with Gasteiger partial charge in [-0.05, 0) is 12.8 Å². The predicted octanol–water partition coefficient (Wildman–Crippen LogP) is 1.74. The second-order valence-electron chi connectivity index (χ2n) is 3.17. The van der Waals surface area contributed by atoms with E-state index in [0.29, 0.717) is 11.7 Å². The van der Waals surface area contributed by atoms with Crippen molar-refractivity contribution in [3.8, 4) is 0 Å². The molecule has 0 bridgehead atoms. The SMILES string of the molecule is COCCCCC1CSCC1=O. The number of ketones is 1. The highest BCUT2D eigenvalue weighted by atomic mass is 32.2. The van der Waals surface area contributed by atoms with Crippen LogP contribution >= 0.6 is 11.8 Å². The van der Waals surface area contributed by atoms with E-state index in [4.69, 9.17) is 4.74 Å². The molecule has 0 spiro atoms. The maximum Gasteiger partial charge on any atom is 0.146 e. The number of carbonyl (C=O) groups is 1. The molecule has 3 heteroatoms. The molecule has 1 aliphatic heterocycles. The summed E-state index contributed by atoms with van der Waals surface area (Å²) in [6.07, 6.45) is 3.28. The van der Waals surface area contributed by atoms with Gasteiger partial charge in [-0.25, -0.2) is 0 Å². The number of hydrogen-bond acceptors (Lipinski definition) is 3. The first kappa shape index (κ1) is 10.1. The van der Waals surface area contributed by atoms with Crippen LogP contribution in [0.1, 0.15) is 19.3 Å². The number of Topliss-reactive ketones (excluding diaryl/α,β-unsaturated/α-hetero) is 1. The van der Waals surface area contributed by atoms with Crippen molar-refractivity contribution in [1.82, 2.24) is 0 Å². The maximum atomic E-state index is 11.2. The summed E-state index contributed by atoms with van der Waals surface area (Å²) in [5.41, 5.74) is 0. The van der Waals surface area contributed by atoms with Gasteiger partial charge in [0.05, 0.1) is 5.75 Å². The summed E-state index contributed by atoms with van der Waals surface area (Å²) in [7, 11) is 1.72. The third kappa shape index (κ3) is 3.15. The molecule has 1 atom stereocenters. The van der Waals surface area contributed by atoms with Gasteiger partial charge in [-0.2, -0.15) is 11.8 Å². The third-order valence-corrected chi connectivity index (χ3v) is 3.30. The Morgan fingerprint density at radius 2 is 2.42 bits per heavy atom. The topological polar surface area (TPSA) is 26.3 Å². The zero-order valence-electron chi connectivity index (χ0n) is 7.54. The van der Waals surface area contributed by atoms with Crippen LogP contribution in [0.2, 0.25) is 0 Å². The van der Waals surface area contributed by atoms with Gasteiger partial charge >= 0.3 is 0 Å². The summed E-state index contributed by atoms with van der Waals surface area (Å²) in [5.74, 6) is 2.60. The van der Waals surface area contributed by atoms with Crippen molar-refractivity contribution in [2.24, 2.45) is 5.92 Å². The van der Waals surface area contributed by atoms with Gasteiger partial charge < -0.3 is 4.74 Å². The Labute approximate surface area is 78.1 Å². The third-order valence-electron chi connectivity index (χ3n) is 2.17. The molecule has 0 aromatic rings. The van der Waals surface area contributed by atoms with Crippen LogP contribution in [0, 0.1) is 5.92 Å². The molecule has 0 aliphatic carbocycles.